The van der Waals surface area contributed by atoms with Gasteiger partial charge in [0.05, 0.1) is 27.5 Å². The van der Waals surface area contributed by atoms with E-state index in [0.29, 0.717) is 5.78 Å². The molecule has 126 valence electrons. The first-order valence-corrected chi connectivity index (χ1v) is 8.20. The first-order valence-electron chi connectivity index (χ1n) is 9.20. The number of hydrogen-bond donors (Lipinski definition) is 0. The van der Waals surface area contributed by atoms with Gasteiger partial charge in [-0.3, -0.25) is 8.79 Å². The number of hydrogen-bond acceptors (Lipinski definition) is 4. The van der Waals surface area contributed by atoms with E-state index < -0.39 is 6.63 Å². The second-order valence-corrected chi connectivity index (χ2v) is 6.19. The minimum atomic E-state index is -2.58. The van der Waals surface area contributed by atoms with Crippen molar-refractivity contribution in [3.05, 3.63) is 30.5 Å². The molecule has 0 bridgehead atoms. The van der Waals surface area contributed by atoms with Gasteiger partial charge in [-0.25, -0.2) is 4.98 Å². The number of anilines is 1. The number of fused-ring (bicyclic) bond motifs is 3. The molecule has 0 spiro atoms. The molecule has 0 atom stereocenters. The molecule has 2 aromatic heterocycles. The second kappa shape index (κ2) is 6.26. The van der Waals surface area contributed by atoms with Crippen LogP contribution in [0.3, 0.4) is 0 Å². The fraction of sp³-hybridized carbons (Fsp3) is 0.444. The summed E-state index contributed by atoms with van der Waals surface area (Å²) in [6.07, 6.45) is 3.47. The molecule has 0 N–H and O–H groups in total. The Morgan fingerprint density at radius 2 is 2.12 bits per heavy atom. The molecule has 1 aromatic carbocycles. The zero-order valence-corrected chi connectivity index (χ0v) is 13.6. The maximum atomic E-state index is 13.2. The highest BCUT2D eigenvalue weighted by Gasteiger charge is 2.20. The van der Waals surface area contributed by atoms with Gasteiger partial charge in [0.2, 0.25) is 5.78 Å². The lowest BCUT2D eigenvalue weighted by Gasteiger charge is -2.32. The normalized spacial score (nSPS) is 18.0. The van der Waals surface area contributed by atoms with Gasteiger partial charge in [0.25, 0.3) is 0 Å². The third kappa shape index (κ3) is 2.66. The second-order valence-electron chi connectivity index (χ2n) is 6.19. The molecule has 1 saturated heterocycles. The number of rotatable bonds is 4. The Morgan fingerprint density at radius 1 is 1.29 bits per heavy atom. The van der Waals surface area contributed by atoms with Crippen LogP contribution >= 0.6 is 0 Å². The van der Waals surface area contributed by atoms with Crippen molar-refractivity contribution in [3.8, 4) is 5.75 Å². The van der Waals surface area contributed by atoms with Crippen molar-refractivity contribution in [2.75, 3.05) is 31.7 Å². The highest BCUT2D eigenvalue weighted by Crippen LogP contribution is 2.26. The summed E-state index contributed by atoms with van der Waals surface area (Å²) < 4.78 is 34.6. The van der Waals surface area contributed by atoms with Crippen molar-refractivity contribution >= 4 is 22.6 Å². The van der Waals surface area contributed by atoms with Crippen molar-refractivity contribution < 1.29 is 11.9 Å². The highest BCUT2D eigenvalue weighted by atomic mass is 18.2. The predicted molar refractivity (Wildman–Crippen MR) is 92.6 cm³/mol. The number of methoxy groups -OCH3 is 1. The summed E-state index contributed by atoms with van der Waals surface area (Å²) in [7, 11) is 1.63. The Bertz CT molecular complexity index is 932. The molecule has 3 heterocycles. The van der Waals surface area contributed by atoms with Gasteiger partial charge in [0, 0.05) is 25.4 Å². The number of piperidine rings is 1. The number of ether oxygens (including phenoxy) is 1. The van der Waals surface area contributed by atoms with E-state index in [0.717, 1.165) is 48.5 Å². The third-order valence-corrected chi connectivity index (χ3v) is 4.77. The summed E-state index contributed by atoms with van der Waals surface area (Å²) in [6.45, 7) is -1.09. The van der Waals surface area contributed by atoms with Crippen molar-refractivity contribution in [2.45, 2.75) is 19.3 Å². The number of aromatic nitrogens is 3. The van der Waals surface area contributed by atoms with Gasteiger partial charge in [-0.1, -0.05) is 0 Å². The molecule has 5 nitrogen and oxygen atoms in total. The lowest BCUT2D eigenvalue weighted by Crippen LogP contribution is -2.34. The standard InChI is InChI=1S/C18H21FN4O/c1-24-14-2-3-16-15(12-14)20-18-21-17(7-11-23(16)18)22-9-5-13(4-8-19)6-10-22/h2-3,7,11-13H,4-6,8-10H2,1H3/i8D2,19-1. The Morgan fingerprint density at radius 3 is 2.88 bits per heavy atom. The number of halogens is 1. The fourth-order valence-electron chi connectivity index (χ4n) is 3.35. The largest absolute Gasteiger partial charge is 0.497 e. The molecule has 1 aliphatic rings. The summed E-state index contributed by atoms with van der Waals surface area (Å²) in [5.74, 6) is 2.32. The highest BCUT2D eigenvalue weighted by molar-refractivity contribution is 5.81. The molecular formula is C18H21FN4O. The lowest BCUT2D eigenvalue weighted by atomic mass is 9.94. The van der Waals surface area contributed by atoms with Gasteiger partial charge in [0.1, 0.15) is 11.6 Å². The molecular weight excluding hydrogens is 306 g/mol. The van der Waals surface area contributed by atoms with Crippen LogP contribution in [0.15, 0.2) is 30.5 Å². The molecule has 0 aliphatic carbocycles. The zero-order chi connectivity index (χ0) is 18.3. The van der Waals surface area contributed by atoms with Crippen LogP contribution in [0.2, 0.25) is 0 Å². The molecule has 0 amide bonds. The van der Waals surface area contributed by atoms with Gasteiger partial charge in [-0.15, -0.1) is 0 Å². The van der Waals surface area contributed by atoms with Gasteiger partial charge in [-0.05, 0) is 43.4 Å². The zero-order valence-electron chi connectivity index (χ0n) is 15.6. The monoisotopic (exact) mass is 329 g/mol. The number of imidazole rings is 1. The van der Waals surface area contributed by atoms with Crippen LogP contribution in [0.25, 0.3) is 16.8 Å². The molecule has 0 unspecified atom stereocenters. The minimum absolute atomic E-state index is 0.0270. The van der Waals surface area contributed by atoms with E-state index in [4.69, 9.17) is 7.48 Å². The number of nitrogens with zero attached hydrogens (tertiary/aromatic N) is 4. The molecule has 6 heteroatoms. The Kier molecular flexibility index (Phi) is 3.39. The summed E-state index contributed by atoms with van der Waals surface area (Å²) in [5.41, 5.74) is 1.81. The van der Waals surface area contributed by atoms with Crippen LogP contribution in [0.5, 0.6) is 5.75 Å². The van der Waals surface area contributed by atoms with Crippen LogP contribution in [0.1, 0.15) is 22.0 Å². The SMILES string of the molecule is [2H]C([2H])([18F])CC1CCN(c2ccn3c(n2)nc2cc(OC)ccc23)CC1. The van der Waals surface area contributed by atoms with Crippen molar-refractivity contribution in [1.29, 1.82) is 0 Å². The quantitative estimate of drug-likeness (QED) is 0.735. The maximum absolute atomic E-state index is 13.2. The van der Waals surface area contributed by atoms with E-state index in [1.54, 1.807) is 7.11 Å². The van der Waals surface area contributed by atoms with Crippen molar-refractivity contribution in [2.24, 2.45) is 5.92 Å². The van der Waals surface area contributed by atoms with E-state index in [1.165, 1.54) is 0 Å². The molecule has 0 radical (unpaired) electrons. The van der Waals surface area contributed by atoms with Gasteiger partial charge >= 0.3 is 0 Å². The first kappa shape index (κ1) is 13.0. The molecule has 1 fully saturated rings. The number of benzene rings is 1. The summed E-state index contributed by atoms with van der Waals surface area (Å²) in [6, 6.07) is 7.72. The average molecular weight is 329 g/mol. The molecule has 24 heavy (non-hydrogen) atoms. The van der Waals surface area contributed by atoms with Gasteiger partial charge in [0.15, 0.2) is 0 Å². The fourth-order valence-corrected chi connectivity index (χ4v) is 3.35. The Balaban J connectivity index is 1.55. The Labute approximate surface area is 142 Å². The van der Waals surface area contributed by atoms with Crippen molar-refractivity contribution in [3.63, 3.8) is 0 Å². The first-order chi connectivity index (χ1) is 12.4. The smallest absolute Gasteiger partial charge is 0.236 e. The van der Waals surface area contributed by atoms with Crippen LogP contribution in [-0.2, 0) is 0 Å². The van der Waals surface area contributed by atoms with Gasteiger partial charge in [-0.2, -0.15) is 4.98 Å². The molecule has 1 aliphatic heterocycles. The Hall–Kier alpha value is -2.37. The van der Waals surface area contributed by atoms with E-state index in [9.17, 15) is 4.39 Å². The number of alkyl halides is 1. The minimum Gasteiger partial charge on any atom is -0.497 e. The van der Waals surface area contributed by atoms with E-state index in [1.807, 2.05) is 34.9 Å². The van der Waals surface area contributed by atoms with E-state index in [-0.39, 0.29) is 12.3 Å². The van der Waals surface area contributed by atoms with Crippen molar-refractivity contribution in [1.82, 2.24) is 14.4 Å². The summed E-state index contributed by atoms with van der Waals surface area (Å²) in [4.78, 5) is 11.4. The topological polar surface area (TPSA) is 42.7 Å². The van der Waals surface area contributed by atoms with E-state index >= 15 is 0 Å². The summed E-state index contributed by atoms with van der Waals surface area (Å²) >= 11 is 0. The van der Waals surface area contributed by atoms with Crippen LogP contribution in [0, 0.1) is 5.92 Å². The summed E-state index contributed by atoms with van der Waals surface area (Å²) in [5, 5.41) is 0. The average Bonchev–Trinajstić information content (AvgIpc) is 2.97. The van der Waals surface area contributed by atoms with Crippen LogP contribution in [0.4, 0.5) is 10.2 Å². The maximum Gasteiger partial charge on any atom is 0.236 e. The third-order valence-electron chi connectivity index (χ3n) is 4.77. The van der Waals surface area contributed by atoms with Crippen LogP contribution in [-0.4, -0.2) is 41.2 Å². The lowest BCUT2D eigenvalue weighted by molar-refractivity contribution is 0.332. The molecule has 0 saturated carbocycles. The molecule has 4 rings (SSSR count). The van der Waals surface area contributed by atoms with E-state index in [2.05, 4.69) is 14.9 Å². The predicted octanol–water partition coefficient (Wildman–Crippen LogP) is 3.47. The van der Waals surface area contributed by atoms with Gasteiger partial charge < -0.3 is 9.64 Å². The van der Waals surface area contributed by atoms with Crippen LogP contribution < -0.4 is 9.64 Å². The molecule has 3 aromatic rings.